The Bertz CT molecular complexity index is 386. The number of amides is 3. The second kappa shape index (κ2) is 8.49. The Morgan fingerprint density at radius 2 is 2.05 bits per heavy atom. The molecule has 0 bridgehead atoms. The monoisotopic (exact) mass is 299 g/mol. The van der Waals surface area contributed by atoms with Gasteiger partial charge < -0.3 is 20.2 Å². The molecule has 0 aromatic carbocycles. The lowest BCUT2D eigenvalue weighted by Crippen LogP contribution is -2.44. The third-order valence-corrected chi connectivity index (χ3v) is 3.73. The average molecular weight is 299 g/mol. The molecule has 1 saturated heterocycles. The van der Waals surface area contributed by atoms with E-state index in [0.29, 0.717) is 26.1 Å². The third-order valence-electron chi connectivity index (χ3n) is 3.73. The Labute approximate surface area is 125 Å². The average Bonchev–Trinajstić information content (AvgIpc) is 2.59. The summed E-state index contributed by atoms with van der Waals surface area (Å²) in [5, 5.41) is 11.4. The number of likely N-dealkylation sites (N-methyl/N-ethyl adjacent to an activating group) is 1. The molecule has 1 aliphatic heterocycles. The maximum atomic E-state index is 12.0. The van der Waals surface area contributed by atoms with E-state index in [1.54, 1.807) is 11.9 Å². The predicted molar refractivity (Wildman–Crippen MR) is 77.9 cm³/mol. The van der Waals surface area contributed by atoms with Gasteiger partial charge in [-0.05, 0) is 25.2 Å². The summed E-state index contributed by atoms with van der Waals surface area (Å²) in [7, 11) is 1.74. The number of carboxylic acids is 1. The number of nitrogens with one attached hydrogen (secondary N) is 1. The molecule has 2 N–H and O–H groups in total. The predicted octanol–water partition coefficient (Wildman–Crippen LogP) is 0.751. The van der Waals surface area contributed by atoms with Crippen LogP contribution in [0, 0.1) is 5.92 Å². The number of hydrogen-bond acceptors (Lipinski definition) is 3. The highest BCUT2D eigenvalue weighted by Gasteiger charge is 2.22. The highest BCUT2D eigenvalue weighted by atomic mass is 16.4. The van der Waals surface area contributed by atoms with E-state index in [4.69, 9.17) is 5.11 Å². The SMILES string of the molecule is CC(CCNC(=O)N1CCCN(C)C(=O)C1)CCC(=O)O. The van der Waals surface area contributed by atoms with Crippen molar-refractivity contribution in [2.75, 3.05) is 33.2 Å². The Morgan fingerprint density at radius 3 is 2.71 bits per heavy atom. The molecule has 7 nitrogen and oxygen atoms in total. The van der Waals surface area contributed by atoms with Gasteiger partial charge in [0.2, 0.25) is 5.91 Å². The summed E-state index contributed by atoms with van der Waals surface area (Å²) in [5.74, 6) is -0.589. The molecule has 3 amide bonds. The largest absolute Gasteiger partial charge is 0.481 e. The van der Waals surface area contributed by atoms with Crippen LogP contribution in [-0.4, -0.2) is 66.0 Å². The fourth-order valence-corrected chi connectivity index (χ4v) is 2.21. The zero-order chi connectivity index (χ0) is 15.8. The van der Waals surface area contributed by atoms with Crippen LogP contribution in [0.3, 0.4) is 0 Å². The maximum absolute atomic E-state index is 12.0. The molecule has 0 saturated carbocycles. The van der Waals surface area contributed by atoms with E-state index in [0.717, 1.165) is 12.8 Å². The Hall–Kier alpha value is -1.79. The Balaban J connectivity index is 2.26. The molecule has 120 valence electrons. The van der Waals surface area contributed by atoms with Crippen molar-refractivity contribution < 1.29 is 19.5 Å². The molecule has 1 fully saturated rings. The molecular formula is C14H25N3O4. The van der Waals surface area contributed by atoms with Crippen LogP contribution in [0.15, 0.2) is 0 Å². The number of carboxylic acid groups (broad SMARTS) is 1. The molecule has 0 spiro atoms. The molecular weight excluding hydrogens is 274 g/mol. The van der Waals surface area contributed by atoms with Gasteiger partial charge in [-0.1, -0.05) is 6.92 Å². The summed E-state index contributed by atoms with van der Waals surface area (Å²) in [6.45, 7) is 3.85. The van der Waals surface area contributed by atoms with E-state index in [1.165, 1.54) is 4.90 Å². The first-order valence-corrected chi connectivity index (χ1v) is 7.38. The van der Waals surface area contributed by atoms with Crippen molar-refractivity contribution >= 4 is 17.9 Å². The number of nitrogens with zero attached hydrogens (tertiary/aromatic N) is 2. The zero-order valence-electron chi connectivity index (χ0n) is 12.8. The maximum Gasteiger partial charge on any atom is 0.317 e. The van der Waals surface area contributed by atoms with E-state index in [1.807, 2.05) is 6.92 Å². The molecule has 0 aliphatic carbocycles. The van der Waals surface area contributed by atoms with Crippen LogP contribution < -0.4 is 5.32 Å². The van der Waals surface area contributed by atoms with E-state index < -0.39 is 5.97 Å². The lowest BCUT2D eigenvalue weighted by molar-refractivity contribution is -0.137. The molecule has 0 aromatic rings. The molecule has 1 unspecified atom stereocenters. The summed E-state index contributed by atoms with van der Waals surface area (Å²) < 4.78 is 0. The van der Waals surface area contributed by atoms with Crippen LogP contribution in [0.4, 0.5) is 4.79 Å². The molecule has 1 atom stereocenters. The van der Waals surface area contributed by atoms with Crippen molar-refractivity contribution in [3.05, 3.63) is 0 Å². The van der Waals surface area contributed by atoms with Gasteiger partial charge in [0.1, 0.15) is 6.54 Å². The van der Waals surface area contributed by atoms with Crippen LogP contribution in [0.5, 0.6) is 0 Å². The summed E-state index contributed by atoms with van der Waals surface area (Å²) in [5.41, 5.74) is 0. The van der Waals surface area contributed by atoms with Gasteiger partial charge in [0, 0.05) is 33.1 Å². The van der Waals surface area contributed by atoms with Crippen LogP contribution in [-0.2, 0) is 9.59 Å². The summed E-state index contributed by atoms with van der Waals surface area (Å²) in [4.78, 5) is 37.4. The van der Waals surface area contributed by atoms with Crippen LogP contribution in [0.2, 0.25) is 0 Å². The second-order valence-corrected chi connectivity index (χ2v) is 5.65. The summed E-state index contributed by atoms with van der Waals surface area (Å²) in [6.07, 6.45) is 2.28. The minimum atomic E-state index is -0.793. The molecule has 1 aliphatic rings. The van der Waals surface area contributed by atoms with Gasteiger partial charge in [0.25, 0.3) is 0 Å². The van der Waals surface area contributed by atoms with Crippen molar-refractivity contribution in [1.82, 2.24) is 15.1 Å². The topological polar surface area (TPSA) is 90.0 Å². The van der Waals surface area contributed by atoms with Crippen molar-refractivity contribution in [3.8, 4) is 0 Å². The number of carbonyl (C=O) groups is 3. The van der Waals surface area contributed by atoms with E-state index in [2.05, 4.69) is 5.32 Å². The van der Waals surface area contributed by atoms with Crippen molar-refractivity contribution in [1.29, 1.82) is 0 Å². The minimum absolute atomic E-state index is 0.0440. The number of carbonyl (C=O) groups excluding carboxylic acids is 2. The Kier molecular flexibility index (Phi) is 6.98. The standard InChI is InChI=1S/C14H25N3O4/c1-11(4-5-13(19)20)6-7-15-14(21)17-9-3-8-16(2)12(18)10-17/h11H,3-10H2,1-2H3,(H,15,21)(H,19,20). The van der Waals surface area contributed by atoms with E-state index in [9.17, 15) is 14.4 Å². The molecule has 7 heteroatoms. The molecule has 1 rings (SSSR count). The fraction of sp³-hybridized carbons (Fsp3) is 0.786. The normalized spacial score (nSPS) is 17.3. The zero-order valence-corrected chi connectivity index (χ0v) is 12.8. The van der Waals surface area contributed by atoms with Gasteiger partial charge >= 0.3 is 12.0 Å². The second-order valence-electron chi connectivity index (χ2n) is 5.65. The first-order valence-electron chi connectivity index (χ1n) is 7.38. The highest BCUT2D eigenvalue weighted by molar-refractivity contribution is 5.84. The van der Waals surface area contributed by atoms with Gasteiger partial charge in [-0.25, -0.2) is 4.79 Å². The molecule has 21 heavy (non-hydrogen) atoms. The number of hydrogen-bond donors (Lipinski definition) is 2. The van der Waals surface area contributed by atoms with Gasteiger partial charge in [-0.2, -0.15) is 0 Å². The van der Waals surface area contributed by atoms with E-state index >= 15 is 0 Å². The van der Waals surface area contributed by atoms with E-state index in [-0.39, 0.29) is 30.8 Å². The minimum Gasteiger partial charge on any atom is -0.481 e. The summed E-state index contributed by atoms with van der Waals surface area (Å²) >= 11 is 0. The van der Waals surface area contributed by atoms with Crippen molar-refractivity contribution in [2.24, 2.45) is 5.92 Å². The number of urea groups is 1. The highest BCUT2D eigenvalue weighted by Crippen LogP contribution is 2.09. The molecule has 0 aromatic heterocycles. The number of aliphatic carboxylic acids is 1. The van der Waals surface area contributed by atoms with Gasteiger partial charge in [-0.3, -0.25) is 9.59 Å². The quantitative estimate of drug-likeness (QED) is 0.757. The Morgan fingerprint density at radius 1 is 1.33 bits per heavy atom. The van der Waals surface area contributed by atoms with Crippen molar-refractivity contribution in [2.45, 2.75) is 32.6 Å². The number of rotatable bonds is 6. The van der Waals surface area contributed by atoms with Crippen LogP contribution >= 0.6 is 0 Å². The molecule has 0 radical (unpaired) electrons. The lowest BCUT2D eigenvalue weighted by atomic mass is 10.0. The van der Waals surface area contributed by atoms with Gasteiger partial charge in [-0.15, -0.1) is 0 Å². The van der Waals surface area contributed by atoms with Crippen LogP contribution in [0.25, 0.3) is 0 Å². The summed E-state index contributed by atoms with van der Waals surface area (Å²) in [6, 6.07) is -0.218. The van der Waals surface area contributed by atoms with Crippen LogP contribution in [0.1, 0.15) is 32.6 Å². The van der Waals surface area contributed by atoms with Gasteiger partial charge in [0.15, 0.2) is 0 Å². The van der Waals surface area contributed by atoms with Crippen molar-refractivity contribution in [3.63, 3.8) is 0 Å². The third kappa shape index (κ3) is 6.46. The fourth-order valence-electron chi connectivity index (χ4n) is 2.21. The first-order chi connectivity index (χ1) is 9.90. The lowest BCUT2D eigenvalue weighted by Gasteiger charge is -2.20. The molecule has 1 heterocycles. The smallest absolute Gasteiger partial charge is 0.317 e. The first kappa shape index (κ1) is 17.3. The van der Waals surface area contributed by atoms with Gasteiger partial charge in [0.05, 0.1) is 0 Å².